The predicted octanol–water partition coefficient (Wildman–Crippen LogP) is 4.67. The van der Waals surface area contributed by atoms with Crippen LogP contribution in [0.25, 0.3) is 0 Å². The van der Waals surface area contributed by atoms with E-state index in [0.29, 0.717) is 28.1 Å². The van der Waals surface area contributed by atoms with Gasteiger partial charge in [-0.2, -0.15) is 5.26 Å². The second-order valence-corrected chi connectivity index (χ2v) is 5.79. The Bertz CT molecular complexity index is 665. The van der Waals surface area contributed by atoms with E-state index in [9.17, 15) is 0 Å². The van der Waals surface area contributed by atoms with Crippen LogP contribution in [-0.2, 0) is 6.61 Å². The lowest BCUT2D eigenvalue weighted by atomic mass is 10.2. The van der Waals surface area contributed by atoms with Crippen molar-refractivity contribution in [1.29, 1.82) is 5.26 Å². The molecule has 0 aromatic heterocycles. The van der Waals surface area contributed by atoms with E-state index < -0.39 is 0 Å². The number of halogens is 2. The van der Waals surface area contributed by atoms with Gasteiger partial charge in [0, 0.05) is 10.5 Å². The quantitative estimate of drug-likeness (QED) is 0.753. The Morgan fingerprint density at radius 2 is 2.00 bits per heavy atom. The van der Waals surface area contributed by atoms with Gasteiger partial charge < -0.3 is 9.47 Å². The molecule has 102 valence electrons. The van der Waals surface area contributed by atoms with Crippen molar-refractivity contribution in [2.75, 3.05) is 7.11 Å². The zero-order valence-electron chi connectivity index (χ0n) is 10.7. The van der Waals surface area contributed by atoms with Crippen LogP contribution < -0.4 is 9.47 Å². The first-order chi connectivity index (χ1) is 9.63. The van der Waals surface area contributed by atoms with Gasteiger partial charge in [-0.3, -0.25) is 0 Å². The third-order valence-electron chi connectivity index (χ3n) is 2.63. The van der Waals surface area contributed by atoms with Gasteiger partial charge >= 0.3 is 0 Å². The molecule has 0 spiro atoms. The van der Waals surface area contributed by atoms with E-state index in [1.165, 1.54) is 0 Å². The molecule has 0 heterocycles. The average Bonchev–Trinajstić information content (AvgIpc) is 2.45. The summed E-state index contributed by atoms with van der Waals surface area (Å²) >= 11 is 6.83. The van der Waals surface area contributed by atoms with Gasteiger partial charge in [0.25, 0.3) is 0 Å². The van der Waals surface area contributed by atoms with E-state index in [2.05, 4.69) is 37.9 Å². The summed E-state index contributed by atoms with van der Waals surface area (Å²) in [4.78, 5) is 0. The van der Waals surface area contributed by atoms with Crippen molar-refractivity contribution in [2.24, 2.45) is 0 Å². The zero-order chi connectivity index (χ0) is 14.5. The van der Waals surface area contributed by atoms with E-state index in [-0.39, 0.29) is 0 Å². The number of hydrogen-bond donors (Lipinski definition) is 0. The largest absolute Gasteiger partial charge is 0.493 e. The molecule has 0 unspecified atom stereocenters. The molecule has 0 aliphatic carbocycles. The molecule has 2 aromatic carbocycles. The van der Waals surface area contributed by atoms with Crippen LogP contribution in [0.1, 0.15) is 11.1 Å². The smallest absolute Gasteiger partial charge is 0.175 e. The van der Waals surface area contributed by atoms with Gasteiger partial charge in [-0.05, 0) is 39.7 Å². The van der Waals surface area contributed by atoms with Crippen LogP contribution in [0.5, 0.6) is 11.5 Å². The van der Waals surface area contributed by atoms with Crippen LogP contribution in [0.4, 0.5) is 0 Å². The second kappa shape index (κ2) is 6.78. The molecule has 0 radical (unpaired) electrons. The monoisotopic (exact) mass is 395 g/mol. The molecule has 0 bridgehead atoms. The van der Waals surface area contributed by atoms with Crippen LogP contribution in [0.2, 0.25) is 0 Å². The van der Waals surface area contributed by atoms with Gasteiger partial charge in [0.05, 0.1) is 23.2 Å². The standard InChI is InChI=1S/C15H11Br2NO2/c1-19-14-7-11(8-18)6-13(17)15(14)20-9-10-3-2-4-12(16)5-10/h2-7H,9H2,1H3. The molecule has 0 atom stereocenters. The van der Waals surface area contributed by atoms with E-state index >= 15 is 0 Å². The number of methoxy groups -OCH3 is 1. The van der Waals surface area contributed by atoms with Gasteiger partial charge in [0.15, 0.2) is 11.5 Å². The van der Waals surface area contributed by atoms with Gasteiger partial charge in [-0.1, -0.05) is 28.1 Å². The fraction of sp³-hybridized carbons (Fsp3) is 0.133. The highest BCUT2D eigenvalue weighted by molar-refractivity contribution is 9.10. The summed E-state index contributed by atoms with van der Waals surface area (Å²) in [6, 6.07) is 13.3. The number of nitriles is 1. The molecule has 0 aliphatic rings. The summed E-state index contributed by atoms with van der Waals surface area (Å²) in [5.74, 6) is 1.12. The second-order valence-electron chi connectivity index (χ2n) is 4.02. The van der Waals surface area contributed by atoms with Gasteiger partial charge in [0.2, 0.25) is 0 Å². The third kappa shape index (κ3) is 3.53. The SMILES string of the molecule is COc1cc(C#N)cc(Br)c1OCc1cccc(Br)c1. The van der Waals surface area contributed by atoms with Gasteiger partial charge in [-0.15, -0.1) is 0 Å². The van der Waals surface area contributed by atoms with Crippen LogP contribution in [0.3, 0.4) is 0 Å². The molecule has 0 aliphatic heterocycles. The summed E-state index contributed by atoms with van der Waals surface area (Å²) in [7, 11) is 1.55. The lowest BCUT2D eigenvalue weighted by molar-refractivity contribution is 0.282. The summed E-state index contributed by atoms with van der Waals surface area (Å²) in [5.41, 5.74) is 1.56. The van der Waals surface area contributed by atoms with Crippen molar-refractivity contribution in [3.8, 4) is 17.6 Å². The van der Waals surface area contributed by atoms with Crippen molar-refractivity contribution >= 4 is 31.9 Å². The molecule has 0 saturated heterocycles. The predicted molar refractivity (Wildman–Crippen MR) is 83.9 cm³/mol. The average molecular weight is 397 g/mol. The van der Waals surface area contributed by atoms with E-state index in [0.717, 1.165) is 10.0 Å². The molecular weight excluding hydrogens is 386 g/mol. The summed E-state index contributed by atoms with van der Waals surface area (Å²) in [5, 5.41) is 8.94. The van der Waals surface area contributed by atoms with Crippen molar-refractivity contribution in [2.45, 2.75) is 6.61 Å². The highest BCUT2D eigenvalue weighted by atomic mass is 79.9. The first-order valence-corrected chi connectivity index (χ1v) is 7.37. The number of ether oxygens (including phenoxy) is 2. The van der Waals surface area contributed by atoms with E-state index in [4.69, 9.17) is 14.7 Å². The molecule has 3 nitrogen and oxygen atoms in total. The highest BCUT2D eigenvalue weighted by Gasteiger charge is 2.12. The normalized spacial score (nSPS) is 9.90. The van der Waals surface area contributed by atoms with Gasteiger partial charge in [-0.25, -0.2) is 0 Å². The maximum atomic E-state index is 8.94. The van der Waals surface area contributed by atoms with Crippen molar-refractivity contribution in [3.63, 3.8) is 0 Å². The maximum absolute atomic E-state index is 8.94. The number of rotatable bonds is 4. The first kappa shape index (κ1) is 14.9. The van der Waals surface area contributed by atoms with Crippen molar-refractivity contribution < 1.29 is 9.47 Å². The maximum Gasteiger partial charge on any atom is 0.175 e. The van der Waals surface area contributed by atoms with Crippen LogP contribution in [-0.4, -0.2) is 7.11 Å². The summed E-state index contributed by atoms with van der Waals surface area (Å²) in [6.07, 6.45) is 0. The number of hydrogen-bond acceptors (Lipinski definition) is 3. The molecule has 0 N–H and O–H groups in total. The molecule has 0 fully saturated rings. The first-order valence-electron chi connectivity index (χ1n) is 5.79. The Morgan fingerprint density at radius 1 is 1.20 bits per heavy atom. The minimum Gasteiger partial charge on any atom is -0.493 e. The zero-order valence-corrected chi connectivity index (χ0v) is 13.9. The Labute approximate surface area is 134 Å². The minimum atomic E-state index is 0.417. The van der Waals surface area contributed by atoms with Crippen molar-refractivity contribution in [1.82, 2.24) is 0 Å². The van der Waals surface area contributed by atoms with E-state index in [1.54, 1.807) is 19.2 Å². The minimum absolute atomic E-state index is 0.417. The Kier molecular flexibility index (Phi) is 5.05. The van der Waals surface area contributed by atoms with Crippen molar-refractivity contribution in [3.05, 3.63) is 56.5 Å². The third-order valence-corrected chi connectivity index (χ3v) is 3.71. The molecular formula is C15H11Br2NO2. The fourth-order valence-corrected chi connectivity index (χ4v) is 2.71. The molecule has 0 saturated carbocycles. The molecule has 0 amide bonds. The highest BCUT2D eigenvalue weighted by Crippen LogP contribution is 2.37. The fourth-order valence-electron chi connectivity index (χ4n) is 1.71. The van der Waals surface area contributed by atoms with Crippen LogP contribution in [0.15, 0.2) is 45.3 Å². The van der Waals surface area contributed by atoms with Gasteiger partial charge in [0.1, 0.15) is 6.61 Å². The summed E-state index contributed by atoms with van der Waals surface area (Å²) < 4.78 is 12.8. The number of benzene rings is 2. The lowest BCUT2D eigenvalue weighted by Crippen LogP contribution is -1.99. The number of nitrogens with zero attached hydrogens (tertiary/aromatic N) is 1. The lowest BCUT2D eigenvalue weighted by Gasteiger charge is -2.13. The molecule has 2 rings (SSSR count). The molecule has 5 heteroatoms. The summed E-state index contributed by atoms with van der Waals surface area (Å²) in [6.45, 7) is 0.417. The molecule has 20 heavy (non-hydrogen) atoms. The van der Waals surface area contributed by atoms with E-state index in [1.807, 2.05) is 24.3 Å². The van der Waals surface area contributed by atoms with Crippen LogP contribution >= 0.6 is 31.9 Å². The Hall–Kier alpha value is -1.51. The van der Waals surface area contributed by atoms with Crippen LogP contribution in [0, 0.1) is 11.3 Å². The Balaban J connectivity index is 2.23. The molecule has 2 aromatic rings. The Morgan fingerprint density at radius 3 is 2.65 bits per heavy atom. The topological polar surface area (TPSA) is 42.2 Å².